The summed E-state index contributed by atoms with van der Waals surface area (Å²) in [7, 11) is 0. The van der Waals surface area contributed by atoms with Crippen molar-refractivity contribution in [1.29, 1.82) is 0 Å². The molecule has 0 amide bonds. The second-order valence-electron chi connectivity index (χ2n) is 8.31. The van der Waals surface area contributed by atoms with Gasteiger partial charge in [0, 0.05) is 18.6 Å². The van der Waals surface area contributed by atoms with Crippen LogP contribution in [0.5, 0.6) is 0 Å². The van der Waals surface area contributed by atoms with Crippen LogP contribution in [0.1, 0.15) is 20.3 Å². The summed E-state index contributed by atoms with van der Waals surface area (Å²) in [6.45, 7) is 4.26. The Labute approximate surface area is 211 Å². The number of hydrogen-bond donors (Lipinski definition) is 6. The molecule has 0 spiro atoms. The number of aliphatic hydroxyl groups is 4. The normalized spacial score (nSPS) is 18.4. The van der Waals surface area contributed by atoms with Gasteiger partial charge < -0.3 is 45.0 Å². The Morgan fingerprint density at radius 3 is 2.51 bits per heavy atom. The molecule has 0 bridgehead atoms. The monoisotopic (exact) mass is 519 g/mol. The fraction of sp³-hybridized carbons (Fsp3) is 0.545. The zero-order valence-electron chi connectivity index (χ0n) is 20.7. The first-order valence-corrected chi connectivity index (χ1v) is 11.8. The molecule has 4 heterocycles. The van der Waals surface area contributed by atoms with Gasteiger partial charge in [-0.15, -0.1) is 0 Å². The molecule has 2 unspecified atom stereocenters. The molecule has 2 atom stereocenters. The van der Waals surface area contributed by atoms with Crippen molar-refractivity contribution in [2.75, 3.05) is 32.2 Å². The van der Waals surface area contributed by atoms with Crippen molar-refractivity contribution in [3.8, 4) is 0 Å². The highest BCUT2D eigenvalue weighted by Gasteiger charge is 2.53. The molecular formula is C22H33N9O6. The first-order chi connectivity index (χ1) is 17.9. The highest BCUT2D eigenvalue weighted by molar-refractivity contribution is 5.70. The average molecular weight is 520 g/mol. The van der Waals surface area contributed by atoms with Crippen molar-refractivity contribution in [3.63, 3.8) is 0 Å². The maximum atomic E-state index is 11.5. The van der Waals surface area contributed by atoms with E-state index in [1.54, 1.807) is 21.7 Å². The number of hydrogen-bond acceptors (Lipinski definition) is 12. The van der Waals surface area contributed by atoms with E-state index >= 15 is 0 Å². The molecular weight excluding hydrogens is 486 g/mol. The fourth-order valence-corrected chi connectivity index (χ4v) is 3.79. The summed E-state index contributed by atoms with van der Waals surface area (Å²) in [6, 6.07) is 0. The molecule has 0 saturated heterocycles. The van der Waals surface area contributed by atoms with Crippen molar-refractivity contribution in [2.24, 2.45) is 11.3 Å². The van der Waals surface area contributed by atoms with Gasteiger partial charge >= 0.3 is 0 Å². The number of ether oxygens (including phenoxy) is 1. The van der Waals surface area contributed by atoms with Gasteiger partial charge in [-0.2, -0.15) is 4.98 Å². The first kappa shape index (κ1) is 28.1. The highest BCUT2D eigenvalue weighted by Crippen LogP contribution is 2.53. The van der Waals surface area contributed by atoms with Crippen molar-refractivity contribution < 1.29 is 25.2 Å². The number of fused-ring (bicyclic) bond motifs is 2. The van der Waals surface area contributed by atoms with E-state index in [0.717, 1.165) is 6.42 Å². The molecule has 1 saturated carbocycles. The second-order valence-corrected chi connectivity index (χ2v) is 8.31. The lowest BCUT2D eigenvalue weighted by Crippen LogP contribution is -2.23. The Bertz CT molecular complexity index is 1340. The minimum atomic E-state index is -0.609. The van der Waals surface area contributed by atoms with Crippen LogP contribution in [-0.4, -0.2) is 92.0 Å². The third-order valence-corrected chi connectivity index (χ3v) is 6.04. The highest BCUT2D eigenvalue weighted by atomic mass is 16.5. The van der Waals surface area contributed by atoms with E-state index in [9.17, 15) is 9.90 Å². The van der Waals surface area contributed by atoms with Gasteiger partial charge in [0.15, 0.2) is 16.8 Å². The molecule has 15 nitrogen and oxygen atoms in total. The van der Waals surface area contributed by atoms with Gasteiger partial charge in [-0.05, 0) is 12.3 Å². The van der Waals surface area contributed by atoms with Crippen LogP contribution in [0.25, 0.3) is 22.3 Å². The van der Waals surface area contributed by atoms with Crippen molar-refractivity contribution in [1.82, 2.24) is 39.0 Å². The lowest BCUT2D eigenvalue weighted by molar-refractivity contribution is -0.0487. The number of aromatic nitrogens is 8. The molecule has 4 aromatic rings. The Morgan fingerprint density at radius 1 is 1.14 bits per heavy atom. The Hall–Kier alpha value is -3.50. The minimum Gasteiger partial charge on any atom is -0.396 e. The molecule has 15 heteroatoms. The van der Waals surface area contributed by atoms with E-state index in [1.165, 1.54) is 12.7 Å². The van der Waals surface area contributed by atoms with Crippen molar-refractivity contribution in [3.05, 3.63) is 35.5 Å². The third-order valence-electron chi connectivity index (χ3n) is 6.04. The topological polar surface area (TPSA) is 223 Å². The minimum absolute atomic E-state index is 0.0150. The number of imidazole rings is 2. The van der Waals surface area contributed by atoms with Crippen LogP contribution in [0.3, 0.4) is 0 Å². The number of H-pyrrole nitrogens is 1. The summed E-state index contributed by atoms with van der Waals surface area (Å²) in [4.78, 5) is 33.9. The Kier molecular flexibility index (Phi) is 9.60. The van der Waals surface area contributed by atoms with Gasteiger partial charge in [-0.1, -0.05) is 13.8 Å². The summed E-state index contributed by atoms with van der Waals surface area (Å²) >= 11 is 0. The molecule has 1 aliphatic rings. The molecule has 0 radical (unpaired) electrons. The van der Waals surface area contributed by atoms with Crippen LogP contribution in [0.15, 0.2) is 30.0 Å². The quantitative estimate of drug-likeness (QED) is 0.155. The predicted octanol–water partition coefficient (Wildman–Crippen LogP) is -1.13. The second kappa shape index (κ2) is 12.6. The van der Waals surface area contributed by atoms with Gasteiger partial charge in [0.1, 0.15) is 18.4 Å². The SMILES string of the molecule is CC.Nc1ncc2c(ncn2COC(CO)CO)n1.O=c1[nH]cnc2c1ncn2CC1(CO)CC1CO. The number of aliphatic hydroxyl groups excluding tert-OH is 4. The number of nitrogens with two attached hydrogens (primary N) is 1. The Balaban J connectivity index is 0.000000193. The van der Waals surface area contributed by atoms with E-state index in [4.69, 9.17) is 25.8 Å². The summed E-state index contributed by atoms with van der Waals surface area (Å²) < 4.78 is 8.68. The largest absolute Gasteiger partial charge is 0.396 e. The zero-order valence-corrected chi connectivity index (χ0v) is 20.7. The molecule has 1 aliphatic carbocycles. The fourth-order valence-electron chi connectivity index (χ4n) is 3.79. The van der Waals surface area contributed by atoms with Crippen molar-refractivity contribution in [2.45, 2.75) is 39.6 Å². The van der Waals surface area contributed by atoms with E-state index in [0.29, 0.717) is 28.9 Å². The molecule has 7 N–H and O–H groups in total. The Morgan fingerprint density at radius 2 is 1.86 bits per heavy atom. The van der Waals surface area contributed by atoms with Gasteiger partial charge in [0.05, 0.1) is 45.0 Å². The lowest BCUT2D eigenvalue weighted by Gasteiger charge is -2.14. The van der Waals surface area contributed by atoms with E-state index in [-0.39, 0.29) is 56.0 Å². The number of rotatable bonds is 9. The maximum absolute atomic E-state index is 11.5. The van der Waals surface area contributed by atoms with E-state index < -0.39 is 6.10 Å². The summed E-state index contributed by atoms with van der Waals surface area (Å²) in [5.41, 5.74) is 6.82. The van der Waals surface area contributed by atoms with Crippen molar-refractivity contribution >= 4 is 28.3 Å². The maximum Gasteiger partial charge on any atom is 0.278 e. The summed E-state index contributed by atoms with van der Waals surface area (Å²) in [6.07, 6.45) is 6.14. The number of anilines is 1. The van der Waals surface area contributed by atoms with Gasteiger partial charge in [-0.3, -0.25) is 4.79 Å². The molecule has 202 valence electrons. The molecule has 5 rings (SSSR count). The lowest BCUT2D eigenvalue weighted by atomic mass is 10.1. The standard InChI is InChI=1S/C11H14N4O3.C9H13N5O3.C2H6/c16-2-7-1-11(7,4-17)3-15-6-14-8-9(15)12-5-13-10(8)18;10-9-11-1-7-8(13-9)12-4-14(7)5-17-6(2-15)3-16;1-2/h5-7,16-17H,1-4H2,(H,12,13,18);1,4,6,15-16H,2-3,5H2,(H2,10,11,13);1-2H3. The van der Waals surface area contributed by atoms with Crippen LogP contribution in [-0.2, 0) is 18.0 Å². The number of aromatic amines is 1. The predicted molar refractivity (Wildman–Crippen MR) is 133 cm³/mol. The molecule has 4 aromatic heterocycles. The van der Waals surface area contributed by atoms with Crippen LogP contribution < -0.4 is 11.3 Å². The smallest absolute Gasteiger partial charge is 0.278 e. The van der Waals surface area contributed by atoms with Gasteiger partial charge in [0.2, 0.25) is 5.95 Å². The number of nitrogens with one attached hydrogen (secondary N) is 1. The third kappa shape index (κ3) is 6.26. The zero-order chi connectivity index (χ0) is 27.0. The van der Waals surface area contributed by atoms with Crippen LogP contribution in [0, 0.1) is 11.3 Å². The van der Waals surface area contributed by atoms with E-state index in [1.807, 2.05) is 13.8 Å². The summed E-state index contributed by atoms with van der Waals surface area (Å²) in [5, 5.41) is 36.3. The van der Waals surface area contributed by atoms with Crippen LogP contribution >= 0.6 is 0 Å². The van der Waals surface area contributed by atoms with E-state index in [2.05, 4.69) is 29.9 Å². The molecule has 0 aliphatic heterocycles. The average Bonchev–Trinajstić information content (AvgIpc) is 3.23. The number of nitrogen functional groups attached to an aromatic ring is 1. The van der Waals surface area contributed by atoms with Gasteiger partial charge in [-0.25, -0.2) is 19.9 Å². The van der Waals surface area contributed by atoms with Gasteiger partial charge in [0.25, 0.3) is 5.56 Å². The van der Waals surface area contributed by atoms with Crippen LogP contribution in [0.4, 0.5) is 5.95 Å². The first-order valence-electron chi connectivity index (χ1n) is 11.8. The molecule has 1 fully saturated rings. The number of nitrogens with zero attached hydrogens (tertiary/aromatic N) is 7. The summed E-state index contributed by atoms with van der Waals surface area (Å²) in [5.74, 6) is 0.272. The molecule has 37 heavy (non-hydrogen) atoms. The van der Waals surface area contributed by atoms with Crippen LogP contribution in [0.2, 0.25) is 0 Å². The molecule has 0 aromatic carbocycles.